The number of rotatable bonds is 10. The average molecular weight is 447 g/mol. The molecular formula is C22H26N2O6S. The zero-order valence-corrected chi connectivity index (χ0v) is 18.7. The highest BCUT2D eigenvalue weighted by atomic mass is 32.2. The van der Waals surface area contributed by atoms with Crippen LogP contribution in [0.3, 0.4) is 0 Å². The minimum atomic E-state index is -3.55. The summed E-state index contributed by atoms with van der Waals surface area (Å²) in [5.74, 6) is 0.333. The molecule has 166 valence electrons. The Kier molecular flexibility index (Phi) is 8.35. The highest BCUT2D eigenvalue weighted by molar-refractivity contribution is 7.89. The van der Waals surface area contributed by atoms with Crippen molar-refractivity contribution in [3.63, 3.8) is 0 Å². The minimum Gasteiger partial charge on any atom is -0.493 e. The lowest BCUT2D eigenvalue weighted by atomic mass is 10.1. The molecule has 0 spiro atoms. The predicted molar refractivity (Wildman–Crippen MR) is 118 cm³/mol. The number of carbonyl (C=O) groups is 2. The van der Waals surface area contributed by atoms with Crippen molar-refractivity contribution in [2.75, 3.05) is 34.4 Å². The maximum Gasteiger partial charge on any atom is 0.257 e. The van der Waals surface area contributed by atoms with Gasteiger partial charge >= 0.3 is 0 Å². The molecule has 9 heteroatoms. The van der Waals surface area contributed by atoms with E-state index in [4.69, 9.17) is 9.47 Å². The third-order valence-electron chi connectivity index (χ3n) is 4.26. The number of likely N-dealkylation sites (N-methyl/N-ethyl adjacent to an activating group) is 1. The van der Waals surface area contributed by atoms with Crippen molar-refractivity contribution in [2.24, 2.45) is 0 Å². The molecule has 0 aliphatic carbocycles. The Morgan fingerprint density at radius 2 is 1.74 bits per heavy atom. The Balaban J connectivity index is 2.10. The van der Waals surface area contributed by atoms with Gasteiger partial charge in [0.05, 0.1) is 12.0 Å². The summed E-state index contributed by atoms with van der Waals surface area (Å²) in [5.41, 5.74) is 1.06. The van der Waals surface area contributed by atoms with E-state index in [0.29, 0.717) is 29.2 Å². The molecule has 0 aliphatic rings. The molecule has 1 amide bonds. The number of hydrogen-bond acceptors (Lipinski definition) is 6. The van der Waals surface area contributed by atoms with Crippen LogP contribution in [0.15, 0.2) is 53.4 Å². The molecule has 2 rings (SSSR count). The highest BCUT2D eigenvalue weighted by Crippen LogP contribution is 2.28. The Labute approximate surface area is 182 Å². The molecule has 0 atom stereocenters. The third kappa shape index (κ3) is 6.40. The van der Waals surface area contributed by atoms with Crippen LogP contribution >= 0.6 is 0 Å². The van der Waals surface area contributed by atoms with Crippen LogP contribution in [-0.4, -0.2) is 58.8 Å². The predicted octanol–water partition coefficient (Wildman–Crippen LogP) is 2.36. The lowest BCUT2D eigenvalue weighted by molar-refractivity contribution is -0.123. The fourth-order valence-electron chi connectivity index (χ4n) is 2.57. The molecule has 2 aromatic carbocycles. The van der Waals surface area contributed by atoms with Crippen LogP contribution in [0.4, 0.5) is 0 Å². The van der Waals surface area contributed by atoms with Crippen molar-refractivity contribution < 1.29 is 27.5 Å². The summed E-state index contributed by atoms with van der Waals surface area (Å²) in [6.07, 6.45) is 3.00. The molecule has 0 saturated heterocycles. The second-order valence-corrected chi connectivity index (χ2v) is 8.81. The van der Waals surface area contributed by atoms with Crippen LogP contribution < -0.4 is 14.8 Å². The normalized spacial score (nSPS) is 11.5. The quantitative estimate of drug-likeness (QED) is 0.444. The second kappa shape index (κ2) is 10.7. The maximum atomic E-state index is 12.4. The molecule has 0 fully saturated rings. The van der Waals surface area contributed by atoms with E-state index in [-0.39, 0.29) is 23.2 Å². The number of ketones is 1. The first-order valence-corrected chi connectivity index (χ1v) is 11.0. The number of benzene rings is 2. The van der Waals surface area contributed by atoms with Gasteiger partial charge in [-0.15, -0.1) is 0 Å². The van der Waals surface area contributed by atoms with E-state index in [2.05, 4.69) is 5.32 Å². The van der Waals surface area contributed by atoms with Gasteiger partial charge in [0, 0.05) is 26.2 Å². The van der Waals surface area contributed by atoms with Gasteiger partial charge in [-0.25, -0.2) is 12.7 Å². The van der Waals surface area contributed by atoms with Gasteiger partial charge in [0.25, 0.3) is 5.91 Å². The van der Waals surface area contributed by atoms with E-state index in [0.717, 1.165) is 4.31 Å². The summed E-state index contributed by atoms with van der Waals surface area (Å²) in [7, 11) is 0.828. The largest absolute Gasteiger partial charge is 0.493 e. The Morgan fingerprint density at radius 1 is 1.06 bits per heavy atom. The maximum absolute atomic E-state index is 12.4. The van der Waals surface area contributed by atoms with Crippen LogP contribution in [0.25, 0.3) is 6.08 Å². The first-order chi connectivity index (χ1) is 14.7. The number of carbonyl (C=O) groups excluding carboxylic acids is 2. The summed E-state index contributed by atoms with van der Waals surface area (Å²) in [6.45, 7) is 2.21. The van der Waals surface area contributed by atoms with Gasteiger partial charge in [-0.2, -0.15) is 0 Å². The van der Waals surface area contributed by atoms with Crippen LogP contribution in [0.1, 0.15) is 22.8 Å². The summed E-state index contributed by atoms with van der Waals surface area (Å²) in [4.78, 5) is 24.1. The minimum absolute atomic E-state index is 0.117. The summed E-state index contributed by atoms with van der Waals surface area (Å²) in [5, 5.41) is 2.64. The number of methoxy groups -OCH3 is 1. The van der Waals surface area contributed by atoms with Crippen molar-refractivity contribution in [3.05, 3.63) is 59.7 Å². The van der Waals surface area contributed by atoms with Crippen LogP contribution in [0.2, 0.25) is 0 Å². The summed E-state index contributed by atoms with van der Waals surface area (Å²) >= 11 is 0. The van der Waals surface area contributed by atoms with Crippen molar-refractivity contribution in [2.45, 2.75) is 11.8 Å². The van der Waals surface area contributed by atoms with Gasteiger partial charge in [0.2, 0.25) is 10.0 Å². The molecule has 0 radical (unpaired) electrons. The smallest absolute Gasteiger partial charge is 0.257 e. The molecule has 0 unspecified atom stereocenters. The lowest BCUT2D eigenvalue weighted by Gasteiger charge is -2.11. The van der Waals surface area contributed by atoms with E-state index < -0.39 is 10.0 Å². The topological polar surface area (TPSA) is 102 Å². The zero-order chi connectivity index (χ0) is 23.0. The first kappa shape index (κ1) is 24.1. The Morgan fingerprint density at radius 3 is 2.32 bits per heavy atom. The van der Waals surface area contributed by atoms with E-state index in [9.17, 15) is 18.0 Å². The standard InChI is InChI=1S/C22H26N2O6S/c1-5-23-22(26)15-30-20-13-7-16(14-21(20)29-4)6-12-19(25)17-8-10-18(11-9-17)31(27,28)24(2)3/h6-14H,5,15H2,1-4H3,(H,23,26)/b12-6-. The third-order valence-corrected chi connectivity index (χ3v) is 6.09. The van der Waals surface area contributed by atoms with Crippen molar-refractivity contribution in [1.29, 1.82) is 0 Å². The number of amides is 1. The van der Waals surface area contributed by atoms with E-state index in [1.807, 2.05) is 6.92 Å². The Bertz CT molecular complexity index is 1060. The van der Waals surface area contributed by atoms with Gasteiger partial charge in [-0.1, -0.05) is 12.1 Å². The van der Waals surface area contributed by atoms with Crippen LogP contribution in [0, 0.1) is 0 Å². The van der Waals surface area contributed by atoms with Crippen molar-refractivity contribution >= 4 is 27.8 Å². The number of nitrogens with one attached hydrogen (secondary N) is 1. The van der Waals surface area contributed by atoms with E-state index in [1.54, 1.807) is 24.3 Å². The molecule has 8 nitrogen and oxygen atoms in total. The van der Waals surface area contributed by atoms with Crippen LogP contribution in [-0.2, 0) is 14.8 Å². The second-order valence-electron chi connectivity index (χ2n) is 6.66. The SMILES string of the molecule is CCNC(=O)COc1ccc(/C=C\C(=O)c2ccc(S(=O)(=O)N(C)C)cc2)cc1OC. The molecule has 1 N–H and O–H groups in total. The average Bonchev–Trinajstić information content (AvgIpc) is 2.76. The highest BCUT2D eigenvalue weighted by Gasteiger charge is 2.17. The first-order valence-electron chi connectivity index (χ1n) is 9.51. The molecule has 31 heavy (non-hydrogen) atoms. The number of sulfonamides is 1. The number of nitrogens with zero attached hydrogens (tertiary/aromatic N) is 1. The van der Waals surface area contributed by atoms with E-state index >= 15 is 0 Å². The van der Waals surface area contributed by atoms with Gasteiger partial charge in [-0.05, 0) is 55.0 Å². The summed E-state index contributed by atoms with van der Waals surface area (Å²) in [6, 6.07) is 10.8. The lowest BCUT2D eigenvalue weighted by Crippen LogP contribution is -2.28. The zero-order valence-electron chi connectivity index (χ0n) is 17.9. The number of allylic oxidation sites excluding steroid dienone is 1. The van der Waals surface area contributed by atoms with E-state index in [1.165, 1.54) is 51.5 Å². The Hall–Kier alpha value is -3.17. The summed E-state index contributed by atoms with van der Waals surface area (Å²) < 4.78 is 36.1. The molecule has 0 heterocycles. The molecule has 0 aromatic heterocycles. The fraction of sp³-hybridized carbons (Fsp3) is 0.273. The fourth-order valence-corrected chi connectivity index (χ4v) is 3.47. The van der Waals surface area contributed by atoms with Crippen molar-refractivity contribution in [1.82, 2.24) is 9.62 Å². The number of hydrogen-bond donors (Lipinski definition) is 1. The van der Waals surface area contributed by atoms with Gasteiger partial charge in [0.1, 0.15) is 0 Å². The molecular weight excluding hydrogens is 420 g/mol. The molecule has 0 saturated carbocycles. The number of ether oxygens (including phenoxy) is 2. The van der Waals surface area contributed by atoms with Crippen LogP contribution in [0.5, 0.6) is 11.5 Å². The van der Waals surface area contributed by atoms with Crippen molar-refractivity contribution in [3.8, 4) is 11.5 Å². The molecule has 0 aliphatic heterocycles. The molecule has 2 aromatic rings. The van der Waals surface area contributed by atoms with Gasteiger partial charge in [0.15, 0.2) is 23.9 Å². The monoisotopic (exact) mass is 446 g/mol. The molecule has 0 bridgehead atoms. The van der Waals surface area contributed by atoms with Gasteiger partial charge < -0.3 is 14.8 Å². The van der Waals surface area contributed by atoms with Gasteiger partial charge in [-0.3, -0.25) is 9.59 Å².